The van der Waals surface area contributed by atoms with E-state index in [0.717, 1.165) is 32.8 Å². The average molecular weight is 268 g/mol. The normalized spacial score (nSPS) is 23.1. The topological polar surface area (TPSA) is 24.5 Å². The minimum atomic E-state index is 0.464. The molecule has 1 N–H and O–H groups in total. The van der Waals surface area contributed by atoms with E-state index in [1.807, 2.05) is 11.3 Å². The van der Waals surface area contributed by atoms with Gasteiger partial charge in [0.25, 0.3) is 0 Å². The number of nitrogens with one attached hydrogen (secondary N) is 1. The summed E-state index contributed by atoms with van der Waals surface area (Å²) in [6.45, 7) is 9.52. The molecule has 0 aliphatic carbocycles. The van der Waals surface area contributed by atoms with Crippen molar-refractivity contribution in [3.8, 4) is 0 Å². The van der Waals surface area contributed by atoms with E-state index in [-0.39, 0.29) is 0 Å². The molecular weight excluding hydrogens is 244 g/mol. The van der Waals surface area contributed by atoms with E-state index >= 15 is 0 Å². The highest BCUT2D eigenvalue weighted by Crippen LogP contribution is 2.17. The Bertz CT molecular complexity index is 329. The molecule has 3 nitrogen and oxygen atoms in total. The van der Waals surface area contributed by atoms with E-state index in [0.29, 0.717) is 12.1 Å². The lowest BCUT2D eigenvalue weighted by atomic mass is 10.2. The van der Waals surface area contributed by atoms with Gasteiger partial charge in [0.2, 0.25) is 0 Å². The lowest BCUT2D eigenvalue weighted by Gasteiger charge is -2.35. The van der Waals surface area contributed by atoms with Crippen molar-refractivity contribution < 1.29 is 4.74 Å². The SMILES string of the molecule is CCC1COCCN1CCNC(C)c1cccs1. The summed E-state index contributed by atoms with van der Waals surface area (Å²) in [7, 11) is 0. The van der Waals surface area contributed by atoms with Crippen LogP contribution in [-0.2, 0) is 4.74 Å². The third kappa shape index (κ3) is 3.79. The number of hydrogen-bond acceptors (Lipinski definition) is 4. The van der Waals surface area contributed by atoms with Gasteiger partial charge in [-0.25, -0.2) is 0 Å². The number of thiophene rings is 1. The second kappa shape index (κ2) is 7.24. The predicted molar refractivity (Wildman–Crippen MR) is 77.2 cm³/mol. The molecule has 1 aliphatic heterocycles. The molecule has 2 atom stereocenters. The van der Waals surface area contributed by atoms with Crippen LogP contribution < -0.4 is 5.32 Å². The highest BCUT2D eigenvalue weighted by atomic mass is 32.1. The van der Waals surface area contributed by atoms with E-state index in [2.05, 4.69) is 41.6 Å². The molecule has 2 rings (SSSR count). The predicted octanol–water partition coefficient (Wildman–Crippen LogP) is 2.51. The number of morpholine rings is 1. The van der Waals surface area contributed by atoms with Crippen molar-refractivity contribution >= 4 is 11.3 Å². The van der Waals surface area contributed by atoms with Crippen LogP contribution in [0, 0.1) is 0 Å². The second-order valence-electron chi connectivity index (χ2n) is 4.86. The molecule has 2 heterocycles. The van der Waals surface area contributed by atoms with E-state index in [4.69, 9.17) is 4.74 Å². The summed E-state index contributed by atoms with van der Waals surface area (Å²) in [5.41, 5.74) is 0. The van der Waals surface area contributed by atoms with Crippen LogP contribution in [0.5, 0.6) is 0 Å². The van der Waals surface area contributed by atoms with Crippen LogP contribution in [0.4, 0.5) is 0 Å². The van der Waals surface area contributed by atoms with Crippen LogP contribution in [0.1, 0.15) is 31.2 Å². The summed E-state index contributed by atoms with van der Waals surface area (Å²) < 4.78 is 5.53. The molecule has 0 bridgehead atoms. The summed E-state index contributed by atoms with van der Waals surface area (Å²) in [6, 6.07) is 5.39. The smallest absolute Gasteiger partial charge is 0.0622 e. The first kappa shape index (κ1) is 14.0. The van der Waals surface area contributed by atoms with Crippen molar-refractivity contribution in [3.63, 3.8) is 0 Å². The molecule has 0 saturated carbocycles. The number of ether oxygens (including phenoxy) is 1. The van der Waals surface area contributed by atoms with Crippen LogP contribution >= 0.6 is 11.3 Å². The van der Waals surface area contributed by atoms with Gasteiger partial charge in [-0.3, -0.25) is 4.90 Å². The van der Waals surface area contributed by atoms with Crippen molar-refractivity contribution in [1.82, 2.24) is 10.2 Å². The van der Waals surface area contributed by atoms with Gasteiger partial charge in [0, 0.05) is 36.6 Å². The highest BCUT2D eigenvalue weighted by molar-refractivity contribution is 7.10. The van der Waals surface area contributed by atoms with Gasteiger partial charge in [-0.2, -0.15) is 0 Å². The molecule has 4 heteroatoms. The first-order chi connectivity index (χ1) is 8.81. The standard InChI is InChI=1S/C14H24N2OS/c1-3-13-11-17-9-8-16(13)7-6-15-12(2)14-5-4-10-18-14/h4-5,10,12-13,15H,3,6-9,11H2,1-2H3. The Morgan fingerprint density at radius 3 is 3.22 bits per heavy atom. The minimum absolute atomic E-state index is 0.464. The number of rotatable bonds is 6. The van der Waals surface area contributed by atoms with Crippen LogP contribution in [0.3, 0.4) is 0 Å². The fraction of sp³-hybridized carbons (Fsp3) is 0.714. The van der Waals surface area contributed by atoms with Crippen molar-refractivity contribution in [3.05, 3.63) is 22.4 Å². The molecule has 1 saturated heterocycles. The van der Waals surface area contributed by atoms with Gasteiger partial charge in [-0.1, -0.05) is 13.0 Å². The Hall–Kier alpha value is -0.420. The van der Waals surface area contributed by atoms with Gasteiger partial charge < -0.3 is 10.1 Å². The molecule has 0 amide bonds. The molecule has 1 aromatic heterocycles. The molecule has 1 fully saturated rings. The fourth-order valence-corrected chi connectivity index (χ4v) is 3.18. The third-order valence-corrected chi connectivity index (χ3v) is 4.70. The summed E-state index contributed by atoms with van der Waals surface area (Å²) >= 11 is 1.83. The monoisotopic (exact) mass is 268 g/mol. The number of nitrogens with zero attached hydrogens (tertiary/aromatic N) is 1. The van der Waals surface area contributed by atoms with E-state index in [9.17, 15) is 0 Å². The molecule has 0 spiro atoms. The molecule has 18 heavy (non-hydrogen) atoms. The van der Waals surface area contributed by atoms with Crippen molar-refractivity contribution in [2.75, 3.05) is 32.8 Å². The van der Waals surface area contributed by atoms with Gasteiger partial charge in [0.15, 0.2) is 0 Å². The average Bonchev–Trinajstić information content (AvgIpc) is 2.93. The molecule has 0 radical (unpaired) electrons. The van der Waals surface area contributed by atoms with Crippen molar-refractivity contribution in [2.45, 2.75) is 32.4 Å². The third-order valence-electron chi connectivity index (χ3n) is 3.64. The molecule has 2 unspecified atom stereocenters. The lowest BCUT2D eigenvalue weighted by molar-refractivity contribution is -0.00804. The van der Waals surface area contributed by atoms with E-state index in [1.54, 1.807) is 0 Å². The first-order valence-corrected chi connectivity index (χ1v) is 7.77. The molecule has 1 aliphatic rings. The van der Waals surface area contributed by atoms with Gasteiger partial charge in [0.05, 0.1) is 13.2 Å². The largest absolute Gasteiger partial charge is 0.378 e. The summed E-state index contributed by atoms with van der Waals surface area (Å²) in [4.78, 5) is 3.97. The second-order valence-corrected chi connectivity index (χ2v) is 5.84. The minimum Gasteiger partial charge on any atom is -0.378 e. The van der Waals surface area contributed by atoms with E-state index < -0.39 is 0 Å². The van der Waals surface area contributed by atoms with Gasteiger partial charge in [0.1, 0.15) is 0 Å². The Kier molecular flexibility index (Phi) is 5.63. The first-order valence-electron chi connectivity index (χ1n) is 6.90. The molecule has 1 aromatic rings. The molecule has 102 valence electrons. The maximum absolute atomic E-state index is 5.53. The summed E-state index contributed by atoms with van der Waals surface area (Å²) in [5.74, 6) is 0. The maximum atomic E-state index is 5.53. The van der Waals surface area contributed by atoms with Crippen LogP contribution in [0.25, 0.3) is 0 Å². The van der Waals surface area contributed by atoms with E-state index in [1.165, 1.54) is 11.3 Å². The van der Waals surface area contributed by atoms with Crippen molar-refractivity contribution in [1.29, 1.82) is 0 Å². The van der Waals surface area contributed by atoms with Gasteiger partial charge in [-0.15, -0.1) is 11.3 Å². The van der Waals surface area contributed by atoms with Crippen molar-refractivity contribution in [2.24, 2.45) is 0 Å². The lowest BCUT2D eigenvalue weighted by Crippen LogP contribution is -2.47. The Morgan fingerprint density at radius 2 is 2.50 bits per heavy atom. The highest BCUT2D eigenvalue weighted by Gasteiger charge is 2.20. The summed E-state index contributed by atoms with van der Waals surface area (Å²) in [5, 5.41) is 5.75. The van der Waals surface area contributed by atoms with Crippen LogP contribution in [0.2, 0.25) is 0 Å². The Morgan fingerprint density at radius 1 is 1.61 bits per heavy atom. The Balaban J connectivity index is 1.71. The van der Waals surface area contributed by atoms with Gasteiger partial charge in [-0.05, 0) is 24.8 Å². The molecule has 0 aromatic carbocycles. The summed E-state index contributed by atoms with van der Waals surface area (Å²) in [6.07, 6.45) is 1.18. The zero-order valence-corrected chi connectivity index (χ0v) is 12.2. The zero-order valence-electron chi connectivity index (χ0n) is 11.4. The van der Waals surface area contributed by atoms with Crippen LogP contribution in [-0.4, -0.2) is 43.8 Å². The van der Waals surface area contributed by atoms with Crippen LogP contribution in [0.15, 0.2) is 17.5 Å². The quantitative estimate of drug-likeness (QED) is 0.858. The molecular formula is C14H24N2OS. The zero-order chi connectivity index (χ0) is 12.8. The Labute approximate surface area is 114 Å². The van der Waals surface area contributed by atoms with Gasteiger partial charge >= 0.3 is 0 Å². The number of hydrogen-bond donors (Lipinski definition) is 1. The fourth-order valence-electron chi connectivity index (χ4n) is 2.42. The maximum Gasteiger partial charge on any atom is 0.0622 e.